The Hall–Kier alpha value is -0.290. The zero-order valence-corrected chi connectivity index (χ0v) is 9.32. The van der Waals surface area contributed by atoms with Gasteiger partial charge in [0.2, 0.25) is 0 Å². The van der Waals surface area contributed by atoms with Crippen LogP contribution in [0.25, 0.3) is 0 Å². The van der Waals surface area contributed by atoms with Gasteiger partial charge in [-0.25, -0.2) is 0 Å². The van der Waals surface area contributed by atoms with Crippen molar-refractivity contribution in [3.8, 4) is 0 Å². The molecule has 2 atom stereocenters. The van der Waals surface area contributed by atoms with Crippen LogP contribution >= 0.6 is 0 Å². The van der Waals surface area contributed by atoms with Gasteiger partial charge in [0.05, 0.1) is 6.10 Å². The normalized spacial score (nSPS) is 29.2. The summed E-state index contributed by atoms with van der Waals surface area (Å²) < 4.78 is 42.2. The van der Waals surface area contributed by atoms with E-state index in [1.54, 1.807) is 0 Å². The monoisotopic (exact) mass is 225 g/mol. The van der Waals surface area contributed by atoms with Crippen LogP contribution in [0.4, 0.5) is 13.2 Å². The van der Waals surface area contributed by atoms with Gasteiger partial charge in [-0.2, -0.15) is 13.2 Å². The van der Waals surface area contributed by atoms with Crippen molar-refractivity contribution in [3.05, 3.63) is 0 Å². The van der Waals surface area contributed by atoms with Gasteiger partial charge in [0.15, 0.2) is 6.10 Å². The zero-order chi connectivity index (χ0) is 11.7. The van der Waals surface area contributed by atoms with E-state index in [9.17, 15) is 13.2 Å². The molecule has 0 radical (unpaired) electrons. The van der Waals surface area contributed by atoms with Crippen molar-refractivity contribution in [3.63, 3.8) is 0 Å². The molecule has 1 N–H and O–H groups in total. The molecule has 0 aromatic rings. The van der Waals surface area contributed by atoms with Crippen LogP contribution in [0.1, 0.15) is 27.2 Å². The van der Waals surface area contributed by atoms with Crippen molar-refractivity contribution in [1.82, 2.24) is 5.32 Å². The molecule has 0 amide bonds. The van der Waals surface area contributed by atoms with Gasteiger partial charge in [-0.3, -0.25) is 0 Å². The molecular weight excluding hydrogens is 207 g/mol. The first kappa shape index (κ1) is 12.8. The SMILES string of the molecule is CC(C)(C)CC1CNCC(C(F)(F)F)O1. The summed E-state index contributed by atoms with van der Waals surface area (Å²) in [4.78, 5) is 0. The lowest BCUT2D eigenvalue weighted by atomic mass is 9.88. The molecule has 15 heavy (non-hydrogen) atoms. The maximum absolute atomic E-state index is 12.4. The number of halogens is 3. The van der Waals surface area contributed by atoms with E-state index in [4.69, 9.17) is 4.74 Å². The van der Waals surface area contributed by atoms with Gasteiger partial charge in [0.25, 0.3) is 0 Å². The lowest BCUT2D eigenvalue weighted by Gasteiger charge is -2.35. The van der Waals surface area contributed by atoms with Crippen molar-refractivity contribution in [2.24, 2.45) is 5.41 Å². The molecule has 1 aliphatic heterocycles. The van der Waals surface area contributed by atoms with E-state index in [2.05, 4.69) is 5.32 Å². The van der Waals surface area contributed by atoms with Crippen molar-refractivity contribution < 1.29 is 17.9 Å². The molecule has 1 rings (SSSR count). The molecule has 0 spiro atoms. The molecule has 2 nitrogen and oxygen atoms in total. The standard InChI is InChI=1S/C10H18F3NO/c1-9(2,3)4-7-5-14-6-8(15-7)10(11,12)13/h7-8,14H,4-6H2,1-3H3. The lowest BCUT2D eigenvalue weighted by Crippen LogP contribution is -2.51. The predicted octanol–water partition coefficient (Wildman–Crippen LogP) is 2.34. The van der Waals surface area contributed by atoms with Crippen molar-refractivity contribution in [1.29, 1.82) is 0 Å². The molecule has 0 bridgehead atoms. The van der Waals surface area contributed by atoms with E-state index in [1.165, 1.54) is 0 Å². The highest BCUT2D eigenvalue weighted by Crippen LogP contribution is 2.29. The van der Waals surface area contributed by atoms with Crippen molar-refractivity contribution in [2.75, 3.05) is 13.1 Å². The molecule has 1 heterocycles. The highest BCUT2D eigenvalue weighted by atomic mass is 19.4. The molecule has 0 aromatic carbocycles. The maximum Gasteiger partial charge on any atom is 0.415 e. The Balaban J connectivity index is 2.50. The Kier molecular flexibility index (Phi) is 3.66. The lowest BCUT2D eigenvalue weighted by molar-refractivity contribution is -0.241. The largest absolute Gasteiger partial charge is 0.415 e. The van der Waals surface area contributed by atoms with Gasteiger partial charge in [0.1, 0.15) is 0 Å². The summed E-state index contributed by atoms with van der Waals surface area (Å²) in [6.07, 6.45) is -5.63. The molecule has 0 saturated carbocycles. The number of ether oxygens (including phenoxy) is 1. The first-order valence-electron chi connectivity index (χ1n) is 5.11. The minimum Gasteiger partial charge on any atom is -0.363 e. The average Bonchev–Trinajstić information content (AvgIpc) is 1.99. The van der Waals surface area contributed by atoms with Gasteiger partial charge in [-0.05, 0) is 11.8 Å². The van der Waals surface area contributed by atoms with E-state index in [1.807, 2.05) is 20.8 Å². The minimum atomic E-state index is -4.26. The second-order valence-corrected chi connectivity index (χ2v) is 5.21. The van der Waals surface area contributed by atoms with Gasteiger partial charge >= 0.3 is 6.18 Å². The highest BCUT2D eigenvalue weighted by Gasteiger charge is 2.43. The fraction of sp³-hybridized carbons (Fsp3) is 1.00. The molecule has 1 fully saturated rings. The third-order valence-electron chi connectivity index (χ3n) is 2.26. The average molecular weight is 225 g/mol. The number of hydrogen-bond donors (Lipinski definition) is 1. The fourth-order valence-electron chi connectivity index (χ4n) is 1.70. The van der Waals surface area contributed by atoms with Crippen LogP contribution in [0.5, 0.6) is 0 Å². The van der Waals surface area contributed by atoms with Crippen LogP contribution in [0, 0.1) is 5.41 Å². The second kappa shape index (κ2) is 4.29. The van der Waals surface area contributed by atoms with Crippen LogP contribution in [-0.2, 0) is 4.74 Å². The van der Waals surface area contributed by atoms with E-state index < -0.39 is 12.3 Å². The van der Waals surface area contributed by atoms with Gasteiger partial charge in [-0.1, -0.05) is 20.8 Å². The van der Waals surface area contributed by atoms with E-state index in [0.717, 1.165) is 0 Å². The summed E-state index contributed by atoms with van der Waals surface area (Å²) in [6.45, 7) is 6.35. The highest BCUT2D eigenvalue weighted by molar-refractivity contribution is 4.81. The van der Waals surface area contributed by atoms with Crippen LogP contribution < -0.4 is 5.32 Å². The number of alkyl halides is 3. The number of hydrogen-bond acceptors (Lipinski definition) is 2. The molecular formula is C10H18F3NO. The Labute approximate surface area is 88.2 Å². The third-order valence-corrected chi connectivity index (χ3v) is 2.26. The molecule has 0 aliphatic carbocycles. The molecule has 1 saturated heterocycles. The molecule has 1 aliphatic rings. The predicted molar refractivity (Wildman–Crippen MR) is 51.7 cm³/mol. The zero-order valence-electron chi connectivity index (χ0n) is 9.32. The molecule has 90 valence electrons. The number of rotatable bonds is 1. The summed E-state index contributed by atoms with van der Waals surface area (Å²) in [7, 11) is 0. The van der Waals surface area contributed by atoms with Gasteiger partial charge in [-0.15, -0.1) is 0 Å². The fourth-order valence-corrected chi connectivity index (χ4v) is 1.70. The Morgan fingerprint density at radius 1 is 1.20 bits per heavy atom. The Bertz CT molecular complexity index is 210. The topological polar surface area (TPSA) is 21.3 Å². The first-order valence-corrected chi connectivity index (χ1v) is 5.11. The van der Waals surface area contributed by atoms with Gasteiger partial charge in [0, 0.05) is 13.1 Å². The summed E-state index contributed by atoms with van der Waals surface area (Å²) in [5, 5.41) is 2.77. The molecule has 5 heteroatoms. The first-order chi connectivity index (χ1) is 6.68. The molecule has 0 aromatic heterocycles. The smallest absolute Gasteiger partial charge is 0.363 e. The van der Waals surface area contributed by atoms with Crippen LogP contribution in [0.15, 0.2) is 0 Å². The van der Waals surface area contributed by atoms with Crippen LogP contribution in [0.3, 0.4) is 0 Å². The third kappa shape index (κ3) is 4.38. The van der Waals surface area contributed by atoms with E-state index in [-0.39, 0.29) is 18.1 Å². The van der Waals surface area contributed by atoms with Crippen LogP contribution in [-0.4, -0.2) is 31.5 Å². The molecule has 2 unspecified atom stereocenters. The maximum atomic E-state index is 12.4. The summed E-state index contributed by atoms with van der Waals surface area (Å²) in [5.74, 6) is 0. The summed E-state index contributed by atoms with van der Waals surface area (Å²) >= 11 is 0. The second-order valence-electron chi connectivity index (χ2n) is 5.21. The number of morpholine rings is 1. The van der Waals surface area contributed by atoms with E-state index in [0.29, 0.717) is 13.0 Å². The van der Waals surface area contributed by atoms with Crippen LogP contribution in [0.2, 0.25) is 0 Å². The van der Waals surface area contributed by atoms with Crippen molar-refractivity contribution >= 4 is 0 Å². The summed E-state index contributed by atoms with van der Waals surface area (Å²) in [5.41, 5.74) is -0.0141. The Morgan fingerprint density at radius 3 is 2.27 bits per heavy atom. The number of nitrogens with one attached hydrogen (secondary N) is 1. The van der Waals surface area contributed by atoms with Crippen molar-refractivity contribution in [2.45, 2.75) is 45.6 Å². The van der Waals surface area contributed by atoms with Gasteiger partial charge < -0.3 is 10.1 Å². The summed E-state index contributed by atoms with van der Waals surface area (Å²) in [6, 6.07) is 0. The quantitative estimate of drug-likeness (QED) is 0.739. The van der Waals surface area contributed by atoms with E-state index >= 15 is 0 Å². The Morgan fingerprint density at radius 2 is 1.80 bits per heavy atom. The minimum absolute atomic E-state index is 0.0141.